The van der Waals surface area contributed by atoms with Crippen molar-refractivity contribution in [3.05, 3.63) is 48.3 Å². The van der Waals surface area contributed by atoms with Gasteiger partial charge < -0.3 is 19.9 Å². The van der Waals surface area contributed by atoms with Crippen molar-refractivity contribution in [3.8, 4) is 5.75 Å². The summed E-state index contributed by atoms with van der Waals surface area (Å²) in [7, 11) is 5.37. The number of ether oxygens (including phenoxy) is 1. The van der Waals surface area contributed by atoms with Crippen molar-refractivity contribution in [2.75, 3.05) is 57.2 Å². The Hall–Kier alpha value is -2.39. The van der Waals surface area contributed by atoms with Crippen LogP contribution in [0.3, 0.4) is 0 Å². The first-order valence-corrected chi connectivity index (χ1v) is 11.3. The van der Waals surface area contributed by atoms with E-state index in [1.165, 1.54) is 5.56 Å². The fourth-order valence-electron chi connectivity index (χ4n) is 4.06. The maximum Gasteiger partial charge on any atom is 0.241 e. The summed E-state index contributed by atoms with van der Waals surface area (Å²) in [5.74, 6) is 0.235. The van der Waals surface area contributed by atoms with Crippen LogP contribution in [-0.4, -0.2) is 69.1 Å². The first-order chi connectivity index (χ1) is 15.8. The summed E-state index contributed by atoms with van der Waals surface area (Å²) in [5.41, 5.74) is 1.49. The number of hydrogen-bond acceptors (Lipinski definition) is 6. The molecular weight excluding hydrogens is 489 g/mol. The summed E-state index contributed by atoms with van der Waals surface area (Å²) < 4.78 is 6.02. The first-order valence-electron chi connectivity index (χ1n) is 11.3. The van der Waals surface area contributed by atoms with E-state index in [2.05, 4.69) is 15.2 Å². The molecule has 0 bridgehead atoms. The zero-order chi connectivity index (χ0) is 24.0. The number of nitrogens with zero attached hydrogens (tertiary/aromatic N) is 4. The molecule has 0 fully saturated rings. The minimum absolute atomic E-state index is 0. The minimum Gasteiger partial charge on any atom is -0.493 e. The summed E-state index contributed by atoms with van der Waals surface area (Å²) in [4.78, 5) is 35.3. The Morgan fingerprint density at radius 2 is 1.60 bits per heavy atom. The molecule has 1 aromatic carbocycles. The number of likely N-dealkylation sites (N-methyl/N-ethyl adjacent to an activating group) is 1. The summed E-state index contributed by atoms with van der Waals surface area (Å²) >= 11 is 0. The highest BCUT2D eigenvalue weighted by molar-refractivity contribution is 6.19. The molecular formula is C25H37Cl2N5O3. The number of carbonyl (C=O) groups is 2. The molecule has 0 aliphatic carbocycles. The Balaban J connectivity index is 0.00000306. The van der Waals surface area contributed by atoms with Crippen molar-refractivity contribution >= 4 is 48.0 Å². The van der Waals surface area contributed by atoms with Crippen molar-refractivity contribution in [1.82, 2.24) is 15.2 Å². The maximum absolute atomic E-state index is 12.9. The number of amides is 2. The van der Waals surface area contributed by atoms with Crippen molar-refractivity contribution in [3.63, 3.8) is 0 Å². The number of halogens is 2. The molecule has 2 heterocycles. The average Bonchev–Trinajstić information content (AvgIpc) is 2.87. The molecule has 194 valence electrons. The smallest absolute Gasteiger partial charge is 0.241 e. The number of fused-ring (bicyclic) bond motifs is 1. The molecule has 1 aliphatic heterocycles. The van der Waals surface area contributed by atoms with Crippen LogP contribution in [-0.2, 0) is 16.1 Å². The van der Waals surface area contributed by atoms with E-state index in [1.54, 1.807) is 37.7 Å². The predicted octanol–water partition coefficient (Wildman–Crippen LogP) is 3.38. The molecule has 0 saturated heterocycles. The van der Waals surface area contributed by atoms with E-state index in [0.29, 0.717) is 23.7 Å². The molecule has 0 unspecified atom stereocenters. The number of nitrogens with one attached hydrogen (secondary N) is 1. The highest BCUT2D eigenvalue weighted by atomic mass is 35.5. The average molecular weight is 527 g/mol. The van der Waals surface area contributed by atoms with Gasteiger partial charge in [-0.1, -0.05) is 0 Å². The van der Waals surface area contributed by atoms with Gasteiger partial charge in [-0.15, -0.1) is 24.8 Å². The second-order valence-electron chi connectivity index (χ2n) is 8.94. The molecule has 8 nitrogen and oxygen atoms in total. The van der Waals surface area contributed by atoms with E-state index in [0.717, 1.165) is 32.6 Å². The van der Waals surface area contributed by atoms with Crippen LogP contribution in [0.25, 0.3) is 0 Å². The van der Waals surface area contributed by atoms with Gasteiger partial charge in [0.25, 0.3) is 0 Å². The number of aromatic nitrogens is 1. The third-order valence-corrected chi connectivity index (χ3v) is 6.07. The molecule has 1 N–H and O–H groups in total. The van der Waals surface area contributed by atoms with E-state index < -0.39 is 5.41 Å². The van der Waals surface area contributed by atoms with Crippen molar-refractivity contribution < 1.29 is 14.3 Å². The van der Waals surface area contributed by atoms with Crippen molar-refractivity contribution in [1.29, 1.82) is 0 Å². The summed E-state index contributed by atoms with van der Waals surface area (Å²) in [5, 5.41) is 3.21. The van der Waals surface area contributed by atoms with Crippen LogP contribution in [0.4, 0.5) is 11.4 Å². The number of anilines is 2. The van der Waals surface area contributed by atoms with E-state index >= 15 is 0 Å². The lowest BCUT2D eigenvalue weighted by Crippen LogP contribution is -2.46. The fourth-order valence-corrected chi connectivity index (χ4v) is 4.06. The lowest BCUT2D eigenvalue weighted by Gasteiger charge is -2.25. The Labute approximate surface area is 220 Å². The molecule has 10 heteroatoms. The van der Waals surface area contributed by atoms with Gasteiger partial charge in [0.05, 0.1) is 18.0 Å². The van der Waals surface area contributed by atoms with E-state index in [-0.39, 0.29) is 36.6 Å². The Kier molecular flexibility index (Phi) is 11.9. The first kappa shape index (κ1) is 30.6. The van der Waals surface area contributed by atoms with Crippen molar-refractivity contribution in [2.24, 2.45) is 5.41 Å². The van der Waals surface area contributed by atoms with Gasteiger partial charge in [0.2, 0.25) is 11.8 Å². The highest BCUT2D eigenvalue weighted by Crippen LogP contribution is 2.39. The Bertz CT molecular complexity index is 975. The van der Waals surface area contributed by atoms with Gasteiger partial charge in [-0.3, -0.25) is 19.5 Å². The van der Waals surface area contributed by atoms with E-state index in [4.69, 9.17) is 4.74 Å². The summed E-state index contributed by atoms with van der Waals surface area (Å²) in [6.07, 6.45) is 4.51. The van der Waals surface area contributed by atoms with E-state index in [1.807, 2.05) is 49.8 Å². The third kappa shape index (κ3) is 7.30. The highest BCUT2D eigenvalue weighted by Gasteiger charge is 2.44. The van der Waals surface area contributed by atoms with Crippen LogP contribution in [0.2, 0.25) is 0 Å². The monoisotopic (exact) mass is 525 g/mol. The minimum atomic E-state index is -1.12. The number of rotatable bonds is 10. The predicted molar refractivity (Wildman–Crippen MR) is 145 cm³/mol. The second kappa shape index (κ2) is 13.6. The molecule has 2 aromatic rings. The van der Waals surface area contributed by atoms with Gasteiger partial charge >= 0.3 is 0 Å². The largest absolute Gasteiger partial charge is 0.493 e. The van der Waals surface area contributed by atoms with Gasteiger partial charge in [-0.25, -0.2) is 0 Å². The molecule has 3 rings (SSSR count). The zero-order valence-corrected chi connectivity index (χ0v) is 22.7. The second-order valence-corrected chi connectivity index (χ2v) is 8.94. The fraction of sp³-hybridized carbons (Fsp3) is 0.480. The van der Waals surface area contributed by atoms with Crippen LogP contribution in [0.1, 0.15) is 25.8 Å². The standard InChI is InChI=1S/C25H35N5O3.2ClH/c1-25(2)23(31)28(4)21-8-7-20(17-22(21)29(5)24(25)32)33-16-6-14-30(15-13-26-3)18-19-9-11-27-12-10-19;;/h7-12,17,26H,6,13-16,18H2,1-5H3;2*1H. The van der Waals surface area contributed by atoms with Crippen LogP contribution in [0, 0.1) is 5.41 Å². The molecule has 2 amide bonds. The van der Waals surface area contributed by atoms with Crippen LogP contribution < -0.4 is 19.9 Å². The quantitative estimate of drug-likeness (QED) is 0.378. The molecule has 1 aromatic heterocycles. The summed E-state index contributed by atoms with van der Waals surface area (Å²) in [6, 6.07) is 9.62. The van der Waals surface area contributed by atoms with E-state index in [9.17, 15) is 9.59 Å². The topological polar surface area (TPSA) is 78.0 Å². The summed E-state index contributed by atoms with van der Waals surface area (Å²) in [6.45, 7) is 7.52. The maximum atomic E-state index is 12.9. The van der Waals surface area contributed by atoms with Crippen LogP contribution >= 0.6 is 24.8 Å². The lowest BCUT2D eigenvalue weighted by atomic mass is 9.90. The molecule has 0 radical (unpaired) electrons. The number of hydrogen-bond donors (Lipinski definition) is 1. The Morgan fingerprint density at radius 1 is 0.971 bits per heavy atom. The zero-order valence-electron chi connectivity index (χ0n) is 21.1. The van der Waals surface area contributed by atoms with Crippen LogP contribution in [0.15, 0.2) is 42.7 Å². The third-order valence-electron chi connectivity index (χ3n) is 6.07. The molecule has 0 saturated carbocycles. The Morgan fingerprint density at radius 3 is 2.23 bits per heavy atom. The normalized spacial score (nSPS) is 14.7. The lowest BCUT2D eigenvalue weighted by molar-refractivity contribution is -0.137. The van der Waals surface area contributed by atoms with Gasteiger partial charge in [0, 0.05) is 58.7 Å². The van der Waals surface area contributed by atoms with Gasteiger partial charge in [-0.2, -0.15) is 0 Å². The van der Waals surface area contributed by atoms with Gasteiger partial charge in [0.1, 0.15) is 11.2 Å². The molecule has 1 aliphatic rings. The molecule has 35 heavy (non-hydrogen) atoms. The van der Waals surface area contributed by atoms with Gasteiger partial charge in [-0.05, 0) is 57.1 Å². The number of benzene rings is 1. The van der Waals surface area contributed by atoms with Crippen LogP contribution in [0.5, 0.6) is 5.75 Å². The number of carbonyl (C=O) groups excluding carboxylic acids is 2. The van der Waals surface area contributed by atoms with Gasteiger partial charge in [0.15, 0.2) is 0 Å². The van der Waals surface area contributed by atoms with Crippen molar-refractivity contribution in [2.45, 2.75) is 26.8 Å². The number of pyridine rings is 1. The SMILES string of the molecule is CNCCN(CCCOc1ccc2c(c1)N(C)C(=O)C(C)(C)C(=O)N2C)Cc1ccncc1.Cl.Cl. The molecule has 0 spiro atoms. The molecule has 0 atom stereocenters.